The molecule has 11 heteroatoms. The molecule has 2 aliphatic rings. The van der Waals surface area contributed by atoms with Crippen LogP contribution in [0.2, 0.25) is 0 Å². The smallest absolute Gasteiger partial charge is 0.410 e. The zero-order valence-electron chi connectivity index (χ0n) is 19.8. The Kier molecular flexibility index (Phi) is 7.30. The highest BCUT2D eigenvalue weighted by Gasteiger charge is 2.30. The molecular formula is C23H31N5O6. The maximum atomic E-state index is 12.5. The van der Waals surface area contributed by atoms with Crippen LogP contribution in [0.5, 0.6) is 5.75 Å². The van der Waals surface area contributed by atoms with Crippen molar-refractivity contribution in [3.63, 3.8) is 0 Å². The highest BCUT2D eigenvalue weighted by Crippen LogP contribution is 2.28. The third kappa shape index (κ3) is 5.30. The second-order valence-corrected chi connectivity index (χ2v) is 8.85. The molecule has 0 aromatic carbocycles. The number of aliphatic carboxylic acids is 1. The van der Waals surface area contributed by atoms with Crippen molar-refractivity contribution in [2.75, 3.05) is 13.7 Å². The van der Waals surface area contributed by atoms with Gasteiger partial charge in [-0.1, -0.05) is 18.1 Å². The monoisotopic (exact) mass is 473 g/mol. The van der Waals surface area contributed by atoms with Gasteiger partial charge in [0.15, 0.2) is 6.10 Å². The topological polar surface area (TPSA) is 129 Å². The molecule has 1 aliphatic heterocycles. The molecule has 184 valence electrons. The van der Waals surface area contributed by atoms with Crippen LogP contribution in [-0.2, 0) is 27.9 Å². The van der Waals surface area contributed by atoms with E-state index < -0.39 is 12.1 Å². The van der Waals surface area contributed by atoms with Crippen molar-refractivity contribution in [2.24, 2.45) is 7.05 Å². The Labute approximate surface area is 198 Å². The number of carboxylic acid groups (broad SMARTS) is 1. The first-order chi connectivity index (χ1) is 16.3. The Balaban J connectivity index is 1.43. The van der Waals surface area contributed by atoms with Gasteiger partial charge in [0.1, 0.15) is 29.8 Å². The Bertz CT molecular complexity index is 1030. The lowest BCUT2D eigenvalue weighted by Gasteiger charge is -2.28. The largest absolute Gasteiger partial charge is 0.488 e. The van der Waals surface area contributed by atoms with Gasteiger partial charge in [-0.3, -0.25) is 0 Å². The molecule has 2 fully saturated rings. The van der Waals surface area contributed by atoms with Crippen molar-refractivity contribution >= 4 is 12.1 Å². The fourth-order valence-electron chi connectivity index (χ4n) is 4.44. The molecule has 2 aromatic heterocycles. The molecular weight excluding hydrogens is 442 g/mol. The number of amides is 1. The fourth-order valence-corrected chi connectivity index (χ4v) is 4.44. The van der Waals surface area contributed by atoms with Gasteiger partial charge in [-0.2, -0.15) is 0 Å². The van der Waals surface area contributed by atoms with Crippen molar-refractivity contribution < 1.29 is 28.9 Å². The van der Waals surface area contributed by atoms with E-state index in [1.807, 2.05) is 6.92 Å². The maximum absolute atomic E-state index is 12.5. The summed E-state index contributed by atoms with van der Waals surface area (Å²) in [6, 6.07) is 3.80. The lowest BCUT2D eigenvalue weighted by Crippen LogP contribution is -2.37. The number of pyridine rings is 1. The van der Waals surface area contributed by atoms with Gasteiger partial charge < -0.3 is 24.2 Å². The van der Waals surface area contributed by atoms with E-state index in [1.165, 1.54) is 0 Å². The van der Waals surface area contributed by atoms with Crippen molar-refractivity contribution in [3.05, 3.63) is 23.5 Å². The van der Waals surface area contributed by atoms with Gasteiger partial charge in [-0.15, -0.1) is 5.10 Å². The van der Waals surface area contributed by atoms with Gasteiger partial charge in [-0.05, 0) is 31.9 Å². The molecule has 1 saturated carbocycles. The number of nitrogens with zero attached hydrogens (tertiary/aromatic N) is 5. The van der Waals surface area contributed by atoms with Crippen LogP contribution in [0.4, 0.5) is 4.79 Å². The predicted octanol–water partition coefficient (Wildman–Crippen LogP) is 2.71. The molecule has 11 nitrogen and oxygen atoms in total. The number of aryl methyl sites for hydroxylation is 2. The van der Waals surface area contributed by atoms with E-state index in [1.54, 1.807) is 35.8 Å². The summed E-state index contributed by atoms with van der Waals surface area (Å²) in [5.74, 6) is -0.404. The predicted molar refractivity (Wildman–Crippen MR) is 120 cm³/mol. The third-order valence-electron chi connectivity index (χ3n) is 6.52. The molecule has 0 radical (unpaired) electrons. The van der Waals surface area contributed by atoms with E-state index >= 15 is 0 Å². The van der Waals surface area contributed by atoms with E-state index in [0.717, 1.165) is 25.7 Å². The van der Waals surface area contributed by atoms with E-state index in [4.69, 9.17) is 14.2 Å². The Hall–Kier alpha value is -3.21. The molecule has 1 saturated heterocycles. The number of carboxylic acids is 1. The first-order valence-electron chi connectivity index (χ1n) is 11.6. The van der Waals surface area contributed by atoms with Crippen LogP contribution in [0.25, 0.3) is 11.4 Å². The molecule has 1 N–H and O–H groups in total. The van der Waals surface area contributed by atoms with Crippen molar-refractivity contribution in [2.45, 2.75) is 70.3 Å². The number of carbonyl (C=O) groups excluding carboxylic acids is 1. The van der Waals surface area contributed by atoms with Crippen LogP contribution in [0, 0.1) is 6.92 Å². The minimum absolute atomic E-state index is 0.0341. The maximum Gasteiger partial charge on any atom is 0.410 e. The third-order valence-corrected chi connectivity index (χ3v) is 6.52. The summed E-state index contributed by atoms with van der Waals surface area (Å²) >= 11 is 0. The quantitative estimate of drug-likeness (QED) is 0.645. The number of hydrogen-bond donors (Lipinski definition) is 1. The van der Waals surface area contributed by atoms with Gasteiger partial charge in [0, 0.05) is 33.0 Å². The number of aromatic nitrogens is 4. The minimum Gasteiger partial charge on any atom is -0.488 e. The molecule has 34 heavy (non-hydrogen) atoms. The van der Waals surface area contributed by atoms with Crippen LogP contribution in [0.1, 0.15) is 49.9 Å². The normalized spacial score (nSPS) is 20.8. The van der Waals surface area contributed by atoms with Crippen LogP contribution in [0.3, 0.4) is 0 Å². The van der Waals surface area contributed by atoms with Crippen LogP contribution < -0.4 is 4.74 Å². The molecule has 1 aliphatic carbocycles. The van der Waals surface area contributed by atoms with E-state index in [9.17, 15) is 14.7 Å². The van der Waals surface area contributed by atoms with Crippen LogP contribution in [0.15, 0.2) is 12.1 Å². The van der Waals surface area contributed by atoms with Gasteiger partial charge in [0.2, 0.25) is 0 Å². The van der Waals surface area contributed by atoms with Gasteiger partial charge in [0.05, 0.1) is 18.0 Å². The highest BCUT2D eigenvalue weighted by atomic mass is 16.6. The Morgan fingerprint density at radius 1 is 1.26 bits per heavy atom. The first kappa shape index (κ1) is 23.9. The summed E-state index contributed by atoms with van der Waals surface area (Å²) in [7, 11) is 3.52. The summed E-state index contributed by atoms with van der Waals surface area (Å²) in [4.78, 5) is 30.0. The van der Waals surface area contributed by atoms with Crippen molar-refractivity contribution in [1.29, 1.82) is 0 Å². The van der Waals surface area contributed by atoms with Crippen molar-refractivity contribution in [3.8, 4) is 17.1 Å². The minimum atomic E-state index is -0.983. The average molecular weight is 474 g/mol. The van der Waals surface area contributed by atoms with Gasteiger partial charge >= 0.3 is 12.1 Å². The summed E-state index contributed by atoms with van der Waals surface area (Å²) in [6.45, 7) is 2.19. The van der Waals surface area contributed by atoms with Crippen LogP contribution in [-0.4, -0.2) is 74.0 Å². The van der Waals surface area contributed by atoms with Gasteiger partial charge in [-0.25, -0.2) is 19.3 Å². The van der Waals surface area contributed by atoms with E-state index in [0.29, 0.717) is 41.6 Å². The second-order valence-electron chi connectivity index (χ2n) is 8.85. The lowest BCUT2D eigenvalue weighted by atomic mass is 10.1. The second kappa shape index (κ2) is 10.4. The standard InChI is InChI=1S/C23H31N5O6/c1-14-19(34-16-10-11-32-20(12-16)22(29)30)9-8-17(24-14)21-18(28(3)26-25-21)13-33-23(31)27(2)15-6-4-5-7-15/h8-9,15-16,20H,4-7,10-13H2,1-3H3,(H,29,30)/t16-,20-/m0/s1. The van der Waals surface area contributed by atoms with E-state index in [-0.39, 0.29) is 31.3 Å². The average Bonchev–Trinajstić information content (AvgIpc) is 3.48. The lowest BCUT2D eigenvalue weighted by molar-refractivity contribution is -0.156. The Morgan fingerprint density at radius 3 is 2.74 bits per heavy atom. The number of ether oxygens (including phenoxy) is 3. The first-order valence-corrected chi connectivity index (χ1v) is 11.6. The summed E-state index contributed by atoms with van der Waals surface area (Å²) in [5, 5.41) is 17.5. The summed E-state index contributed by atoms with van der Waals surface area (Å²) in [6.07, 6.45) is 3.70. The highest BCUT2D eigenvalue weighted by molar-refractivity contribution is 5.72. The van der Waals surface area contributed by atoms with E-state index in [2.05, 4.69) is 15.3 Å². The molecule has 0 unspecified atom stereocenters. The number of carbonyl (C=O) groups is 2. The molecule has 2 atom stereocenters. The number of hydrogen-bond acceptors (Lipinski definition) is 8. The zero-order chi connectivity index (χ0) is 24.2. The molecule has 3 heterocycles. The summed E-state index contributed by atoms with van der Waals surface area (Å²) < 4.78 is 18.4. The molecule has 1 amide bonds. The van der Waals surface area contributed by atoms with Crippen LogP contribution >= 0.6 is 0 Å². The van der Waals surface area contributed by atoms with Crippen molar-refractivity contribution in [1.82, 2.24) is 24.9 Å². The van der Waals surface area contributed by atoms with Gasteiger partial charge in [0.25, 0.3) is 0 Å². The summed E-state index contributed by atoms with van der Waals surface area (Å²) in [5.41, 5.74) is 2.40. The molecule has 4 rings (SSSR count). The molecule has 0 bridgehead atoms. The Morgan fingerprint density at radius 2 is 2.03 bits per heavy atom. The SMILES string of the molecule is Cc1nc(-c2nnn(C)c2COC(=O)N(C)C2CCCC2)ccc1O[C@H]1CCO[C@H](C(=O)O)C1. The fraction of sp³-hybridized carbons (Fsp3) is 0.609. The zero-order valence-corrected chi connectivity index (χ0v) is 19.8. The molecule has 0 spiro atoms. The molecule has 2 aromatic rings. The number of rotatable bonds is 7.